The first-order chi connectivity index (χ1) is 19.1. The van der Waals surface area contributed by atoms with E-state index in [2.05, 4.69) is 10.5 Å². The van der Waals surface area contributed by atoms with Crippen LogP contribution in [0.15, 0.2) is 47.6 Å². The number of benzene rings is 3. The molecule has 0 aromatic heterocycles. The fourth-order valence-corrected chi connectivity index (χ4v) is 4.06. The number of halogens is 4. The van der Waals surface area contributed by atoms with Crippen LogP contribution in [0.3, 0.4) is 0 Å². The summed E-state index contributed by atoms with van der Waals surface area (Å²) in [6.07, 6.45) is -2.49. The molecular formula is C25H21F3IN3O8. The topological polar surface area (TPSA) is 145 Å². The number of aliphatic hydroxyl groups is 2. The lowest BCUT2D eigenvalue weighted by atomic mass is 10.1. The summed E-state index contributed by atoms with van der Waals surface area (Å²) in [6.45, 7) is 0.113. The SMILES string of the molecule is CC(O/C(=N\OC[C@H](O)CO)c1ccc(F)c(F)c1Nc1ccc(I)cc1F)c1cc2c(cc1[N+](=O)[O-])OCO2. The summed E-state index contributed by atoms with van der Waals surface area (Å²) in [4.78, 5) is 16.2. The van der Waals surface area contributed by atoms with Gasteiger partial charge in [0.05, 0.1) is 40.1 Å². The predicted octanol–water partition coefficient (Wildman–Crippen LogP) is 4.90. The van der Waals surface area contributed by atoms with Crippen molar-refractivity contribution in [1.82, 2.24) is 0 Å². The van der Waals surface area contributed by atoms with E-state index in [-0.39, 0.29) is 40.8 Å². The number of ether oxygens (including phenoxy) is 3. The molecule has 4 rings (SSSR count). The van der Waals surface area contributed by atoms with Gasteiger partial charge in [0, 0.05) is 3.57 Å². The average molecular weight is 675 g/mol. The minimum Gasteiger partial charge on any atom is -0.467 e. The van der Waals surface area contributed by atoms with E-state index in [9.17, 15) is 24.0 Å². The van der Waals surface area contributed by atoms with E-state index < -0.39 is 59.4 Å². The van der Waals surface area contributed by atoms with E-state index >= 15 is 4.39 Å². The van der Waals surface area contributed by atoms with Gasteiger partial charge in [-0.25, -0.2) is 13.2 Å². The lowest BCUT2D eigenvalue weighted by Crippen LogP contribution is -2.20. The molecule has 0 saturated carbocycles. The van der Waals surface area contributed by atoms with Crippen molar-refractivity contribution in [3.63, 3.8) is 0 Å². The maximum Gasteiger partial charge on any atom is 0.280 e. The van der Waals surface area contributed by atoms with Crippen LogP contribution in [0.25, 0.3) is 0 Å². The Balaban J connectivity index is 1.77. The minimum absolute atomic E-state index is 0.0260. The number of nitrogens with zero attached hydrogens (tertiary/aromatic N) is 2. The van der Waals surface area contributed by atoms with E-state index in [0.29, 0.717) is 3.57 Å². The number of anilines is 2. The molecule has 3 aromatic rings. The van der Waals surface area contributed by atoms with Gasteiger partial charge in [-0.1, -0.05) is 0 Å². The third-order valence-corrected chi connectivity index (χ3v) is 6.26. The number of hydrogen-bond donors (Lipinski definition) is 3. The van der Waals surface area contributed by atoms with E-state index in [0.717, 1.165) is 18.2 Å². The Bertz CT molecular complexity index is 1460. The molecule has 0 saturated heterocycles. The Labute approximate surface area is 238 Å². The molecule has 0 aliphatic carbocycles. The van der Waals surface area contributed by atoms with Gasteiger partial charge < -0.3 is 34.6 Å². The zero-order valence-electron chi connectivity index (χ0n) is 20.6. The molecule has 3 aromatic carbocycles. The number of aliphatic hydroxyl groups excluding tert-OH is 2. The maximum atomic E-state index is 15.1. The van der Waals surface area contributed by atoms with E-state index in [1.807, 2.05) is 22.6 Å². The Kier molecular flexibility index (Phi) is 9.16. The third kappa shape index (κ3) is 6.48. The number of nitro benzene ring substituents is 1. The lowest BCUT2D eigenvalue weighted by Gasteiger charge is -2.20. The van der Waals surface area contributed by atoms with E-state index in [1.165, 1.54) is 31.2 Å². The molecule has 0 fully saturated rings. The molecule has 0 spiro atoms. The van der Waals surface area contributed by atoms with Crippen molar-refractivity contribution in [2.24, 2.45) is 5.16 Å². The lowest BCUT2D eigenvalue weighted by molar-refractivity contribution is -0.386. The quantitative estimate of drug-likeness (QED) is 0.0899. The van der Waals surface area contributed by atoms with Gasteiger partial charge in [-0.05, 0) is 71.1 Å². The maximum absolute atomic E-state index is 15.1. The summed E-state index contributed by atoms with van der Waals surface area (Å²) in [5, 5.41) is 36.7. The van der Waals surface area contributed by atoms with Gasteiger partial charge in [-0.2, -0.15) is 0 Å². The molecule has 3 N–H and O–H groups in total. The molecule has 0 amide bonds. The van der Waals surface area contributed by atoms with E-state index in [4.69, 9.17) is 24.2 Å². The highest BCUT2D eigenvalue weighted by Gasteiger charge is 2.29. The van der Waals surface area contributed by atoms with Crippen LogP contribution >= 0.6 is 22.6 Å². The van der Waals surface area contributed by atoms with Gasteiger partial charge >= 0.3 is 0 Å². The number of nitrogens with one attached hydrogen (secondary N) is 1. The van der Waals surface area contributed by atoms with Crippen LogP contribution in [0, 0.1) is 31.1 Å². The predicted molar refractivity (Wildman–Crippen MR) is 143 cm³/mol. The van der Waals surface area contributed by atoms with Crippen LogP contribution in [-0.4, -0.2) is 47.1 Å². The molecule has 1 aliphatic rings. The highest BCUT2D eigenvalue weighted by molar-refractivity contribution is 14.1. The molecule has 15 heteroatoms. The normalized spacial score (nSPS) is 14.0. The van der Waals surface area contributed by atoms with E-state index in [1.54, 1.807) is 0 Å². The third-order valence-electron chi connectivity index (χ3n) is 5.59. The molecular weight excluding hydrogens is 654 g/mol. The summed E-state index contributed by atoms with van der Waals surface area (Å²) >= 11 is 1.88. The summed E-state index contributed by atoms with van der Waals surface area (Å²) in [6, 6.07) is 8.37. The van der Waals surface area contributed by atoms with Crippen molar-refractivity contribution >= 4 is 45.6 Å². The fourth-order valence-electron chi connectivity index (χ4n) is 3.61. The van der Waals surface area contributed by atoms with Gasteiger partial charge in [-0.15, -0.1) is 0 Å². The molecule has 0 radical (unpaired) electrons. The van der Waals surface area contributed by atoms with Crippen molar-refractivity contribution in [2.45, 2.75) is 19.1 Å². The zero-order chi connectivity index (χ0) is 29.0. The zero-order valence-corrected chi connectivity index (χ0v) is 22.7. The highest BCUT2D eigenvalue weighted by atomic mass is 127. The smallest absolute Gasteiger partial charge is 0.280 e. The second-order valence-electron chi connectivity index (χ2n) is 8.34. The van der Waals surface area contributed by atoms with Crippen molar-refractivity contribution < 1.29 is 47.4 Å². The fraction of sp³-hybridized carbons (Fsp3) is 0.240. The first kappa shape index (κ1) is 29.2. The summed E-state index contributed by atoms with van der Waals surface area (Å²) in [7, 11) is 0. The van der Waals surface area contributed by atoms with Crippen molar-refractivity contribution in [3.05, 3.63) is 84.7 Å². The second-order valence-corrected chi connectivity index (χ2v) is 9.59. The number of oxime groups is 1. The van der Waals surface area contributed by atoms with Crippen LogP contribution in [0.4, 0.5) is 30.2 Å². The first-order valence-electron chi connectivity index (χ1n) is 11.5. The van der Waals surface area contributed by atoms with Crippen LogP contribution in [0.2, 0.25) is 0 Å². The summed E-state index contributed by atoms with van der Waals surface area (Å²) in [5.41, 5.74) is -1.36. The number of rotatable bonds is 10. The van der Waals surface area contributed by atoms with Gasteiger partial charge in [0.15, 0.2) is 23.1 Å². The molecule has 0 bridgehead atoms. The van der Waals surface area contributed by atoms with Gasteiger partial charge in [0.25, 0.3) is 11.6 Å². The van der Waals surface area contributed by atoms with Crippen LogP contribution < -0.4 is 14.8 Å². The number of fused-ring (bicyclic) bond motifs is 1. The molecule has 1 aliphatic heterocycles. The van der Waals surface area contributed by atoms with Crippen LogP contribution in [0.5, 0.6) is 11.5 Å². The Morgan fingerprint density at radius 3 is 2.58 bits per heavy atom. The molecule has 1 heterocycles. The average Bonchev–Trinajstić information content (AvgIpc) is 3.39. The molecule has 2 atom stereocenters. The summed E-state index contributed by atoms with van der Waals surface area (Å²) < 4.78 is 60.9. The Hall–Kier alpha value is -3.83. The minimum atomic E-state index is -1.40. The largest absolute Gasteiger partial charge is 0.467 e. The monoisotopic (exact) mass is 675 g/mol. The molecule has 212 valence electrons. The molecule has 1 unspecified atom stereocenters. The standard InChI is InChI=1S/C25H21F3IN3O8/c1-12(16-7-21-22(38-11-37-21)8-20(16)32(35)36)40-25(31-39-10-14(34)9-33)15-3-4-17(26)23(28)24(15)30-19-5-2-13(29)6-18(19)27/h2-8,12,14,30,33-34H,9-11H2,1H3/b31-25-/t12?,14-/m1/s1. The van der Waals surface area contributed by atoms with Gasteiger partial charge in [-0.3, -0.25) is 10.1 Å². The molecule has 11 nitrogen and oxygen atoms in total. The van der Waals surface area contributed by atoms with Crippen molar-refractivity contribution in [1.29, 1.82) is 0 Å². The highest BCUT2D eigenvalue weighted by Crippen LogP contribution is 2.41. The van der Waals surface area contributed by atoms with Crippen molar-refractivity contribution in [2.75, 3.05) is 25.3 Å². The van der Waals surface area contributed by atoms with Gasteiger partial charge in [0.1, 0.15) is 24.6 Å². The Morgan fingerprint density at radius 2 is 1.90 bits per heavy atom. The number of hydrogen-bond acceptors (Lipinski definition) is 10. The van der Waals surface area contributed by atoms with Crippen LogP contribution in [-0.2, 0) is 9.57 Å². The molecule has 40 heavy (non-hydrogen) atoms. The van der Waals surface area contributed by atoms with Crippen molar-refractivity contribution in [3.8, 4) is 11.5 Å². The summed E-state index contributed by atoms with van der Waals surface area (Å²) in [5.74, 6) is -3.55. The van der Waals surface area contributed by atoms with Crippen LogP contribution in [0.1, 0.15) is 24.2 Å². The second kappa shape index (κ2) is 12.6. The first-order valence-corrected chi connectivity index (χ1v) is 12.6. The Morgan fingerprint density at radius 1 is 1.18 bits per heavy atom. The number of nitro groups is 1. The van der Waals surface area contributed by atoms with Gasteiger partial charge in [0.2, 0.25) is 6.79 Å².